The van der Waals surface area contributed by atoms with Gasteiger partial charge in [-0.25, -0.2) is 4.90 Å². The lowest BCUT2D eigenvalue weighted by molar-refractivity contribution is -0.920. The Morgan fingerprint density at radius 3 is 2.06 bits per heavy atom. The number of likely N-dealkylation sites (tertiary alicyclic amines) is 1. The average Bonchev–Trinajstić information content (AvgIpc) is 3.12. The summed E-state index contributed by atoms with van der Waals surface area (Å²) in [4.78, 5) is 28.3. The minimum absolute atomic E-state index is 0.0677. The molecular formula is C25H31N2O4+. The van der Waals surface area contributed by atoms with Crippen molar-refractivity contribution in [2.45, 2.75) is 38.1 Å². The van der Waals surface area contributed by atoms with Crippen molar-refractivity contribution in [1.82, 2.24) is 0 Å². The number of hydrogen-bond donors (Lipinski definition) is 1. The second-order valence-electron chi connectivity index (χ2n) is 8.51. The SMILES string of the molecule is COc1ccc(CCC2CC[NH+]([C@@H]3CC(=O)N(c4ccc(OC)cc4)C3=O)CC2)cc1. The van der Waals surface area contributed by atoms with E-state index in [2.05, 4.69) is 12.1 Å². The molecular weight excluding hydrogens is 392 g/mol. The first-order valence-electron chi connectivity index (χ1n) is 11.1. The minimum atomic E-state index is -0.253. The highest BCUT2D eigenvalue weighted by Crippen LogP contribution is 2.25. The Kier molecular flexibility index (Phi) is 6.56. The van der Waals surface area contributed by atoms with E-state index < -0.39 is 0 Å². The molecule has 0 saturated carbocycles. The lowest BCUT2D eigenvalue weighted by Crippen LogP contribution is -3.17. The number of benzene rings is 2. The average molecular weight is 424 g/mol. The second kappa shape index (κ2) is 9.52. The molecule has 31 heavy (non-hydrogen) atoms. The van der Waals surface area contributed by atoms with Gasteiger partial charge in [0, 0.05) is 0 Å². The number of amides is 2. The van der Waals surface area contributed by atoms with Gasteiger partial charge in [-0.1, -0.05) is 12.1 Å². The number of nitrogens with zero attached hydrogens (tertiary/aromatic N) is 1. The van der Waals surface area contributed by atoms with Gasteiger partial charge in [-0.2, -0.15) is 0 Å². The third-order valence-corrected chi connectivity index (χ3v) is 6.72. The molecule has 1 N–H and O–H groups in total. The zero-order valence-corrected chi connectivity index (χ0v) is 18.3. The Hall–Kier alpha value is -2.86. The van der Waals surface area contributed by atoms with E-state index in [-0.39, 0.29) is 17.9 Å². The molecule has 2 aromatic carbocycles. The summed E-state index contributed by atoms with van der Waals surface area (Å²) in [6, 6.07) is 15.2. The van der Waals surface area contributed by atoms with Crippen molar-refractivity contribution in [3.05, 3.63) is 54.1 Å². The van der Waals surface area contributed by atoms with Crippen LogP contribution in [-0.4, -0.2) is 45.2 Å². The zero-order valence-electron chi connectivity index (χ0n) is 18.3. The minimum Gasteiger partial charge on any atom is -0.497 e. The highest BCUT2D eigenvalue weighted by molar-refractivity contribution is 6.21. The highest BCUT2D eigenvalue weighted by Gasteiger charge is 2.46. The van der Waals surface area contributed by atoms with Crippen molar-refractivity contribution in [3.63, 3.8) is 0 Å². The summed E-state index contributed by atoms with van der Waals surface area (Å²) in [5, 5.41) is 0. The van der Waals surface area contributed by atoms with Crippen LogP contribution in [0.2, 0.25) is 0 Å². The number of aryl methyl sites for hydroxylation is 1. The van der Waals surface area contributed by atoms with Crippen LogP contribution in [-0.2, 0) is 16.0 Å². The van der Waals surface area contributed by atoms with Gasteiger partial charge >= 0.3 is 0 Å². The topological polar surface area (TPSA) is 60.3 Å². The molecule has 2 fully saturated rings. The molecule has 0 aliphatic carbocycles. The summed E-state index contributed by atoms with van der Waals surface area (Å²) in [5.74, 6) is 2.11. The van der Waals surface area contributed by atoms with Gasteiger partial charge in [-0.3, -0.25) is 9.59 Å². The van der Waals surface area contributed by atoms with Crippen LogP contribution in [0.3, 0.4) is 0 Å². The van der Waals surface area contributed by atoms with Gasteiger partial charge in [-0.15, -0.1) is 0 Å². The number of imide groups is 1. The fourth-order valence-electron chi connectivity index (χ4n) is 4.80. The molecule has 164 valence electrons. The van der Waals surface area contributed by atoms with E-state index in [9.17, 15) is 9.59 Å². The molecule has 0 unspecified atom stereocenters. The molecule has 2 aromatic rings. The van der Waals surface area contributed by atoms with Gasteiger partial charge in [0.15, 0.2) is 6.04 Å². The number of quaternary nitrogens is 1. The predicted molar refractivity (Wildman–Crippen MR) is 119 cm³/mol. The molecule has 0 bridgehead atoms. The monoisotopic (exact) mass is 423 g/mol. The summed E-state index contributed by atoms with van der Waals surface area (Å²) >= 11 is 0. The van der Waals surface area contributed by atoms with E-state index in [0.29, 0.717) is 23.8 Å². The largest absolute Gasteiger partial charge is 0.497 e. The normalized spacial score (nSPS) is 23.8. The van der Waals surface area contributed by atoms with Crippen LogP contribution < -0.4 is 19.3 Å². The summed E-state index contributed by atoms with van der Waals surface area (Å²) in [7, 11) is 3.28. The second-order valence-corrected chi connectivity index (χ2v) is 8.51. The molecule has 0 radical (unpaired) electrons. The van der Waals surface area contributed by atoms with Gasteiger partial charge in [0.1, 0.15) is 11.5 Å². The maximum atomic E-state index is 13.1. The van der Waals surface area contributed by atoms with E-state index in [1.54, 1.807) is 38.5 Å². The zero-order chi connectivity index (χ0) is 21.8. The fourth-order valence-corrected chi connectivity index (χ4v) is 4.80. The first-order chi connectivity index (χ1) is 15.1. The Morgan fingerprint density at radius 2 is 1.48 bits per heavy atom. The van der Waals surface area contributed by atoms with Gasteiger partial charge in [0.05, 0.1) is 39.4 Å². The number of ether oxygens (including phenoxy) is 2. The third-order valence-electron chi connectivity index (χ3n) is 6.72. The van der Waals surface area contributed by atoms with Crippen molar-refractivity contribution in [2.75, 3.05) is 32.2 Å². The Balaban J connectivity index is 1.30. The van der Waals surface area contributed by atoms with Crippen molar-refractivity contribution >= 4 is 17.5 Å². The maximum absolute atomic E-state index is 13.1. The first kappa shape index (κ1) is 21.4. The number of carbonyl (C=O) groups is 2. The van der Waals surface area contributed by atoms with Crippen LogP contribution in [0.25, 0.3) is 0 Å². The molecule has 2 heterocycles. The van der Waals surface area contributed by atoms with Crippen LogP contribution in [0.4, 0.5) is 5.69 Å². The summed E-state index contributed by atoms with van der Waals surface area (Å²) < 4.78 is 10.4. The Bertz CT molecular complexity index is 902. The molecule has 4 rings (SSSR count). The van der Waals surface area contributed by atoms with Crippen LogP contribution in [0.15, 0.2) is 48.5 Å². The molecule has 2 amide bonds. The fraction of sp³-hybridized carbons (Fsp3) is 0.440. The number of carbonyl (C=O) groups excluding carboxylic acids is 2. The quantitative estimate of drug-likeness (QED) is 0.694. The molecule has 2 saturated heterocycles. The molecule has 6 heteroatoms. The van der Waals surface area contributed by atoms with Crippen LogP contribution in [0, 0.1) is 5.92 Å². The molecule has 2 aliphatic rings. The van der Waals surface area contributed by atoms with E-state index >= 15 is 0 Å². The summed E-state index contributed by atoms with van der Waals surface area (Å²) in [6.07, 6.45) is 4.74. The summed E-state index contributed by atoms with van der Waals surface area (Å²) in [5.41, 5.74) is 1.97. The van der Waals surface area contributed by atoms with Crippen molar-refractivity contribution < 1.29 is 24.0 Å². The van der Waals surface area contributed by atoms with Gasteiger partial charge in [0.2, 0.25) is 5.91 Å². The van der Waals surface area contributed by atoms with E-state index in [0.717, 1.165) is 44.5 Å². The third kappa shape index (κ3) is 4.74. The van der Waals surface area contributed by atoms with Crippen molar-refractivity contribution in [1.29, 1.82) is 0 Å². The van der Waals surface area contributed by atoms with Crippen molar-refractivity contribution in [3.8, 4) is 11.5 Å². The van der Waals surface area contributed by atoms with E-state index in [1.807, 2.05) is 12.1 Å². The standard InChI is InChI=1S/C25H30N2O4/c1-30-21-9-5-18(6-10-21)3-4-19-13-15-26(16-14-19)23-17-24(28)27(25(23)29)20-7-11-22(31-2)12-8-20/h5-12,19,23H,3-4,13-17H2,1-2H3/p+1/t23-/m1/s1. The Labute approximate surface area is 183 Å². The molecule has 6 nitrogen and oxygen atoms in total. The number of hydrogen-bond acceptors (Lipinski definition) is 4. The van der Waals surface area contributed by atoms with Crippen LogP contribution in [0.5, 0.6) is 11.5 Å². The predicted octanol–water partition coefficient (Wildman–Crippen LogP) is 2.26. The molecule has 0 spiro atoms. The summed E-state index contributed by atoms with van der Waals surface area (Å²) in [6.45, 7) is 1.90. The van der Waals surface area contributed by atoms with E-state index in [1.165, 1.54) is 15.4 Å². The van der Waals surface area contributed by atoms with Crippen LogP contribution >= 0.6 is 0 Å². The van der Waals surface area contributed by atoms with Crippen LogP contribution in [0.1, 0.15) is 31.2 Å². The number of piperidine rings is 1. The van der Waals surface area contributed by atoms with E-state index in [4.69, 9.17) is 9.47 Å². The first-order valence-corrected chi connectivity index (χ1v) is 11.1. The number of anilines is 1. The maximum Gasteiger partial charge on any atom is 0.292 e. The molecule has 1 atom stereocenters. The number of methoxy groups -OCH3 is 2. The van der Waals surface area contributed by atoms with Crippen molar-refractivity contribution in [2.24, 2.45) is 5.92 Å². The highest BCUT2D eigenvalue weighted by atomic mass is 16.5. The number of rotatable bonds is 7. The molecule has 0 aromatic heterocycles. The van der Waals surface area contributed by atoms with Gasteiger partial charge < -0.3 is 14.4 Å². The number of nitrogens with one attached hydrogen (secondary N) is 1. The Morgan fingerprint density at radius 1 is 0.903 bits per heavy atom. The molecule has 2 aliphatic heterocycles. The smallest absolute Gasteiger partial charge is 0.292 e. The lowest BCUT2D eigenvalue weighted by atomic mass is 9.90. The van der Waals surface area contributed by atoms with Gasteiger partial charge in [0.25, 0.3) is 5.91 Å². The van der Waals surface area contributed by atoms with Gasteiger partial charge in [-0.05, 0) is 73.6 Å². The lowest BCUT2D eigenvalue weighted by Gasteiger charge is -2.32.